The monoisotopic (exact) mass is 214 g/mol. The van der Waals surface area contributed by atoms with Crippen LogP contribution in [0, 0.1) is 11.3 Å². The zero-order chi connectivity index (χ0) is 10.0. The fourth-order valence-corrected chi connectivity index (χ4v) is 3.63. The van der Waals surface area contributed by atoms with Crippen LogP contribution < -0.4 is 5.32 Å². The van der Waals surface area contributed by atoms with E-state index in [4.69, 9.17) is 0 Å². The molecule has 1 aliphatic carbocycles. The van der Waals surface area contributed by atoms with Crippen molar-refractivity contribution in [1.29, 1.82) is 0 Å². The van der Waals surface area contributed by atoms with Crippen LogP contribution in [0.2, 0.25) is 0 Å². The van der Waals surface area contributed by atoms with Crippen molar-refractivity contribution in [2.24, 2.45) is 11.3 Å². The molecule has 0 aromatic heterocycles. The van der Waals surface area contributed by atoms with E-state index in [1.807, 2.05) is 11.9 Å². The van der Waals surface area contributed by atoms with Crippen molar-refractivity contribution in [3.8, 4) is 0 Å². The molecule has 0 radical (unpaired) electrons. The molecule has 2 nitrogen and oxygen atoms in total. The Balaban J connectivity index is 1.74. The van der Waals surface area contributed by atoms with E-state index in [0.717, 1.165) is 11.3 Å². The number of piperidine rings is 1. The molecule has 1 N–H and O–H groups in total. The molecule has 1 atom stereocenters. The summed E-state index contributed by atoms with van der Waals surface area (Å²) in [6, 6.07) is 0. The first-order valence-electron chi connectivity index (χ1n) is 5.83. The average Bonchev–Trinajstić information content (AvgIpc) is 2.85. The molecule has 2 fully saturated rings. The van der Waals surface area contributed by atoms with Crippen LogP contribution in [0.15, 0.2) is 0 Å². The lowest BCUT2D eigenvalue weighted by Crippen LogP contribution is -2.31. The SMILES string of the molecule is CCSN1CCC2(CC1)CC2CNC. The molecule has 82 valence electrons. The quantitative estimate of drug-likeness (QED) is 0.720. The molecule has 3 heteroatoms. The molecule has 1 saturated heterocycles. The Morgan fingerprint density at radius 1 is 1.43 bits per heavy atom. The molecule has 1 unspecified atom stereocenters. The van der Waals surface area contributed by atoms with Gasteiger partial charge in [-0.3, -0.25) is 4.31 Å². The van der Waals surface area contributed by atoms with E-state index in [-0.39, 0.29) is 0 Å². The summed E-state index contributed by atoms with van der Waals surface area (Å²) in [5.41, 5.74) is 0.758. The largest absolute Gasteiger partial charge is 0.319 e. The van der Waals surface area contributed by atoms with E-state index in [0.29, 0.717) is 0 Å². The Kier molecular flexibility index (Phi) is 3.40. The minimum absolute atomic E-state index is 0.758. The van der Waals surface area contributed by atoms with E-state index in [1.165, 1.54) is 44.6 Å². The summed E-state index contributed by atoms with van der Waals surface area (Å²) in [4.78, 5) is 0. The second kappa shape index (κ2) is 4.42. The number of hydrogen-bond acceptors (Lipinski definition) is 3. The molecule has 1 saturated carbocycles. The van der Waals surface area contributed by atoms with E-state index in [9.17, 15) is 0 Å². The van der Waals surface area contributed by atoms with Crippen molar-refractivity contribution in [2.75, 3.05) is 32.4 Å². The second-order valence-electron chi connectivity index (χ2n) is 4.67. The van der Waals surface area contributed by atoms with Gasteiger partial charge in [0.15, 0.2) is 0 Å². The Labute approximate surface area is 91.9 Å². The fraction of sp³-hybridized carbons (Fsp3) is 1.00. The highest BCUT2D eigenvalue weighted by molar-refractivity contribution is 7.96. The maximum absolute atomic E-state index is 3.32. The molecule has 0 amide bonds. The highest BCUT2D eigenvalue weighted by Gasteiger charge is 2.53. The highest BCUT2D eigenvalue weighted by Crippen LogP contribution is 2.59. The van der Waals surface area contributed by atoms with Gasteiger partial charge in [0.2, 0.25) is 0 Å². The van der Waals surface area contributed by atoms with Crippen molar-refractivity contribution in [3.63, 3.8) is 0 Å². The van der Waals surface area contributed by atoms with Gasteiger partial charge >= 0.3 is 0 Å². The first-order chi connectivity index (χ1) is 6.80. The van der Waals surface area contributed by atoms with Gasteiger partial charge in [-0.1, -0.05) is 18.9 Å². The van der Waals surface area contributed by atoms with Crippen molar-refractivity contribution in [2.45, 2.75) is 26.2 Å². The standard InChI is InChI=1S/C11H22N2S/c1-3-14-13-6-4-11(5-7-13)8-10(11)9-12-2/h10,12H,3-9H2,1-2H3. The second-order valence-corrected chi connectivity index (χ2v) is 6.02. The Morgan fingerprint density at radius 2 is 2.14 bits per heavy atom. The normalized spacial score (nSPS) is 30.9. The molecule has 0 bridgehead atoms. The zero-order valence-corrected chi connectivity index (χ0v) is 10.2. The molecular formula is C11H22N2S. The lowest BCUT2D eigenvalue weighted by molar-refractivity contribution is 0.253. The molecular weight excluding hydrogens is 192 g/mol. The first-order valence-corrected chi connectivity index (χ1v) is 6.77. The van der Waals surface area contributed by atoms with Crippen molar-refractivity contribution in [1.82, 2.24) is 9.62 Å². The third-order valence-electron chi connectivity index (χ3n) is 3.84. The summed E-state index contributed by atoms with van der Waals surface area (Å²) < 4.78 is 2.56. The minimum atomic E-state index is 0.758. The third-order valence-corrected chi connectivity index (χ3v) is 4.83. The van der Waals surface area contributed by atoms with Gasteiger partial charge in [-0.2, -0.15) is 0 Å². The van der Waals surface area contributed by atoms with Crippen LogP contribution in [-0.2, 0) is 0 Å². The van der Waals surface area contributed by atoms with Crippen LogP contribution in [0.4, 0.5) is 0 Å². The van der Waals surface area contributed by atoms with Gasteiger partial charge in [0.25, 0.3) is 0 Å². The maximum atomic E-state index is 3.32. The molecule has 2 aliphatic rings. The topological polar surface area (TPSA) is 15.3 Å². The van der Waals surface area contributed by atoms with Gasteiger partial charge in [0, 0.05) is 18.8 Å². The van der Waals surface area contributed by atoms with Crippen LogP contribution in [-0.4, -0.2) is 36.7 Å². The van der Waals surface area contributed by atoms with Crippen LogP contribution in [0.5, 0.6) is 0 Å². The Bertz CT molecular complexity index is 188. The van der Waals surface area contributed by atoms with E-state index < -0.39 is 0 Å². The van der Waals surface area contributed by atoms with Crippen LogP contribution >= 0.6 is 11.9 Å². The zero-order valence-electron chi connectivity index (χ0n) is 9.38. The molecule has 1 spiro atoms. The Morgan fingerprint density at radius 3 is 2.71 bits per heavy atom. The van der Waals surface area contributed by atoms with Gasteiger partial charge in [0.05, 0.1) is 0 Å². The van der Waals surface area contributed by atoms with Gasteiger partial charge < -0.3 is 5.32 Å². The molecule has 1 heterocycles. The van der Waals surface area contributed by atoms with E-state index in [2.05, 4.69) is 23.6 Å². The van der Waals surface area contributed by atoms with Crippen LogP contribution in [0.3, 0.4) is 0 Å². The average molecular weight is 214 g/mol. The summed E-state index contributed by atoms with van der Waals surface area (Å²) in [6.45, 7) is 6.12. The summed E-state index contributed by atoms with van der Waals surface area (Å²) in [5.74, 6) is 2.22. The number of nitrogens with zero attached hydrogens (tertiary/aromatic N) is 1. The number of hydrogen-bond donors (Lipinski definition) is 1. The van der Waals surface area contributed by atoms with Crippen molar-refractivity contribution < 1.29 is 0 Å². The molecule has 2 rings (SSSR count). The minimum Gasteiger partial charge on any atom is -0.319 e. The number of rotatable bonds is 4. The van der Waals surface area contributed by atoms with Crippen LogP contribution in [0.1, 0.15) is 26.2 Å². The molecule has 14 heavy (non-hydrogen) atoms. The first kappa shape index (κ1) is 10.8. The van der Waals surface area contributed by atoms with E-state index >= 15 is 0 Å². The summed E-state index contributed by atoms with van der Waals surface area (Å²) in [5, 5.41) is 3.32. The summed E-state index contributed by atoms with van der Waals surface area (Å²) in [7, 11) is 2.08. The van der Waals surface area contributed by atoms with Gasteiger partial charge in [0.1, 0.15) is 0 Å². The molecule has 0 aromatic rings. The van der Waals surface area contributed by atoms with E-state index in [1.54, 1.807) is 0 Å². The lowest BCUT2D eigenvalue weighted by atomic mass is 9.92. The van der Waals surface area contributed by atoms with Crippen molar-refractivity contribution >= 4 is 11.9 Å². The fourth-order valence-electron chi connectivity index (χ4n) is 2.82. The maximum Gasteiger partial charge on any atom is 0.00947 e. The predicted octanol–water partition coefficient (Wildman–Crippen LogP) is 1.98. The van der Waals surface area contributed by atoms with Crippen molar-refractivity contribution in [3.05, 3.63) is 0 Å². The van der Waals surface area contributed by atoms with Gasteiger partial charge in [-0.05, 0) is 44.2 Å². The van der Waals surface area contributed by atoms with Crippen LogP contribution in [0.25, 0.3) is 0 Å². The Hall–Kier alpha value is 0.270. The highest BCUT2D eigenvalue weighted by atomic mass is 32.2. The third kappa shape index (κ3) is 2.10. The smallest absolute Gasteiger partial charge is 0.00947 e. The van der Waals surface area contributed by atoms with Gasteiger partial charge in [-0.15, -0.1) is 0 Å². The predicted molar refractivity (Wildman–Crippen MR) is 63.4 cm³/mol. The van der Waals surface area contributed by atoms with Gasteiger partial charge in [-0.25, -0.2) is 0 Å². The lowest BCUT2D eigenvalue weighted by Gasteiger charge is -2.31. The summed E-state index contributed by atoms with van der Waals surface area (Å²) in [6.07, 6.45) is 4.36. The molecule has 1 aliphatic heterocycles. The molecule has 0 aromatic carbocycles. The number of nitrogens with one attached hydrogen (secondary N) is 1. The summed E-state index contributed by atoms with van der Waals surface area (Å²) >= 11 is 2.01.